The highest BCUT2D eigenvalue weighted by molar-refractivity contribution is 7.93. The molecule has 0 fully saturated rings. The fraction of sp³-hybridized carbons (Fsp3) is 0.375. The Balaban J connectivity index is 1.94. The van der Waals surface area contributed by atoms with Crippen molar-refractivity contribution in [2.45, 2.75) is 60.5 Å². The number of hydrogen-bond acceptors (Lipinski definition) is 7. The highest BCUT2D eigenvalue weighted by Gasteiger charge is 2.60. The first-order valence-corrected chi connectivity index (χ1v) is 14.8. The summed E-state index contributed by atoms with van der Waals surface area (Å²) in [7, 11) is -13.9. The second-order valence-electron chi connectivity index (χ2n) is 9.46. The summed E-state index contributed by atoms with van der Waals surface area (Å²) in [4.78, 5) is 1.04. The zero-order chi connectivity index (χ0) is 35.5. The average molecular weight is 685 g/mol. The molecule has 0 saturated carbocycles. The van der Waals surface area contributed by atoms with Crippen LogP contribution in [0, 0.1) is 12.7 Å². The molecule has 44 heavy (non-hydrogen) atoms. The van der Waals surface area contributed by atoms with Gasteiger partial charge in [0.1, 0.15) is 10.6 Å². The average Bonchev–Trinajstić information content (AvgIpc) is 3.28. The number of benzene rings is 1. The summed E-state index contributed by atoms with van der Waals surface area (Å²) in [5, 5.41) is 0. The first-order chi connectivity index (χ1) is 21.3. The molecule has 1 N–H and O–H groups in total. The molecule has 2 aromatic heterocycles. The van der Waals surface area contributed by atoms with Gasteiger partial charge in [0.2, 0.25) is 5.88 Å². The van der Waals surface area contributed by atoms with E-state index in [0.29, 0.717) is 11.8 Å². The van der Waals surface area contributed by atoms with Crippen molar-refractivity contribution in [1.82, 2.24) is 8.96 Å². The topological polar surface area (TPSA) is 117 Å². The van der Waals surface area contributed by atoms with E-state index < -0.39 is 115 Å². The molecule has 9 nitrogen and oxygen atoms in total. The summed E-state index contributed by atoms with van der Waals surface area (Å²) in [5.74, 6) is -3.79. The molecule has 20 heteroatoms. The Kier molecular flexibility index (Phi) is 7.39. The van der Waals surface area contributed by atoms with E-state index in [9.17, 15) is 56.3 Å². The van der Waals surface area contributed by atoms with E-state index in [2.05, 4.69) is 14.5 Å². The van der Waals surface area contributed by atoms with Gasteiger partial charge >= 0.3 is 19.0 Å². The van der Waals surface area contributed by atoms with Gasteiger partial charge in [0.15, 0.2) is 17.1 Å². The van der Waals surface area contributed by atoms with E-state index in [4.69, 9.17) is 4.11 Å². The second-order valence-corrected chi connectivity index (χ2v) is 12.9. The second kappa shape index (κ2) is 11.1. The maximum absolute atomic E-state index is 14.4. The predicted octanol–water partition coefficient (Wildman–Crippen LogP) is 5.42. The number of alkyl halides is 8. The van der Waals surface area contributed by atoms with Gasteiger partial charge in [-0.1, -0.05) is 17.7 Å². The molecule has 0 radical (unpaired) electrons. The molecule has 2 heterocycles. The molecular weight excluding hydrogens is 661 g/mol. The Labute approximate surface area is 247 Å². The Bertz CT molecular complexity index is 1900. The number of halogens is 9. The molecule has 4 rings (SSSR count). The van der Waals surface area contributed by atoms with Crippen LogP contribution in [0.15, 0.2) is 46.3 Å². The minimum Gasteiger partial charge on any atom is -0.479 e. The van der Waals surface area contributed by atoms with Crippen LogP contribution in [0.3, 0.4) is 0 Å². The minimum atomic E-state index is -5.54. The molecule has 242 valence electrons. The van der Waals surface area contributed by atoms with Gasteiger partial charge < -0.3 is 9.47 Å². The Morgan fingerprint density at radius 2 is 1.73 bits per heavy atom. The smallest absolute Gasteiger partial charge is 0.436 e. The molecular formula is C24H20F9N3O6S2. The van der Waals surface area contributed by atoms with E-state index in [1.165, 1.54) is 16.9 Å². The summed E-state index contributed by atoms with van der Waals surface area (Å²) in [5.41, 5.74) is -8.39. The van der Waals surface area contributed by atoms with E-state index in [-0.39, 0.29) is 10.0 Å². The molecule has 0 aliphatic heterocycles. The summed E-state index contributed by atoms with van der Waals surface area (Å²) >= 11 is 0. The number of anilines is 1. The van der Waals surface area contributed by atoms with Crippen molar-refractivity contribution < 1.29 is 69.9 Å². The largest absolute Gasteiger partial charge is 0.479 e. The number of aryl methyl sites for hydroxylation is 1. The molecule has 0 amide bonds. The lowest BCUT2D eigenvalue weighted by atomic mass is 9.83. The number of nitrogens with one attached hydrogen (secondary N) is 1. The normalized spacial score (nSPS) is 19.2. The number of methoxy groups -OCH3 is 1. The molecule has 1 aliphatic carbocycles. The number of nitrogens with zero attached hydrogens (tertiary/aromatic N) is 2. The molecule has 1 atom stereocenters. The number of pyridine rings is 1. The number of hydrogen-bond donors (Lipinski definition) is 1. The minimum absolute atomic E-state index is 0.0987. The van der Waals surface area contributed by atoms with Crippen molar-refractivity contribution in [1.29, 1.82) is 0 Å². The third kappa shape index (κ3) is 6.06. The van der Waals surface area contributed by atoms with Gasteiger partial charge in [-0.25, -0.2) is 30.2 Å². The molecule has 0 spiro atoms. The maximum Gasteiger partial charge on any atom is 0.436 e. The van der Waals surface area contributed by atoms with Crippen LogP contribution in [0.5, 0.6) is 5.88 Å². The molecule has 0 saturated heterocycles. The van der Waals surface area contributed by atoms with Gasteiger partial charge in [0.05, 0.1) is 16.0 Å². The van der Waals surface area contributed by atoms with Crippen molar-refractivity contribution in [3.63, 3.8) is 0 Å². The fourth-order valence-electron chi connectivity index (χ4n) is 4.55. The van der Waals surface area contributed by atoms with Crippen LogP contribution in [0.2, 0.25) is 0 Å². The molecule has 0 bridgehead atoms. The maximum atomic E-state index is 14.4. The number of fused-ring (bicyclic) bond motifs is 1. The van der Waals surface area contributed by atoms with Crippen LogP contribution < -0.4 is 9.46 Å². The Morgan fingerprint density at radius 1 is 1.09 bits per heavy atom. The third-order valence-corrected chi connectivity index (χ3v) is 9.76. The van der Waals surface area contributed by atoms with Crippen LogP contribution in [0.1, 0.15) is 33.0 Å². The highest BCUT2D eigenvalue weighted by atomic mass is 32.2. The number of sulfonamides is 1. The van der Waals surface area contributed by atoms with Crippen molar-refractivity contribution in [2.75, 3.05) is 11.8 Å². The van der Waals surface area contributed by atoms with E-state index in [0.717, 1.165) is 12.1 Å². The lowest BCUT2D eigenvalue weighted by Gasteiger charge is -2.38. The first-order valence-electron chi connectivity index (χ1n) is 13.3. The van der Waals surface area contributed by atoms with Crippen molar-refractivity contribution in [3.05, 3.63) is 64.9 Å². The number of rotatable bonds is 8. The van der Waals surface area contributed by atoms with Crippen LogP contribution in [-0.4, -0.2) is 51.2 Å². The summed E-state index contributed by atoms with van der Waals surface area (Å²) in [6, 6.07) is 4.50. The van der Waals surface area contributed by atoms with Gasteiger partial charge in [-0.05, 0) is 37.5 Å². The monoisotopic (exact) mass is 684 g/mol. The SMILES string of the molecule is [2H]C([2H])([2H])Oc1nc(C(F)(F)F)c(F)cc1NS(=O)(=O)c1cn(S(=O)(=O)c2ccc(C)cc2)c2c1CC[C@](OC(F)F)(C(F)(F)F)C2. The first kappa shape index (κ1) is 29.2. The van der Waals surface area contributed by atoms with Crippen LogP contribution in [0.4, 0.5) is 45.2 Å². The number of aromatic nitrogens is 2. The predicted molar refractivity (Wildman–Crippen MR) is 133 cm³/mol. The zero-order valence-electron chi connectivity index (χ0n) is 24.7. The van der Waals surface area contributed by atoms with Crippen molar-refractivity contribution in [2.24, 2.45) is 0 Å². The van der Waals surface area contributed by atoms with Crippen LogP contribution in [-0.2, 0) is 43.8 Å². The lowest BCUT2D eigenvalue weighted by Crippen LogP contribution is -2.53. The third-order valence-electron chi connectivity index (χ3n) is 6.63. The van der Waals surface area contributed by atoms with E-state index >= 15 is 0 Å². The van der Waals surface area contributed by atoms with Crippen molar-refractivity contribution >= 4 is 25.7 Å². The van der Waals surface area contributed by atoms with E-state index in [1.807, 2.05) is 0 Å². The Morgan fingerprint density at radius 3 is 2.27 bits per heavy atom. The lowest BCUT2D eigenvalue weighted by molar-refractivity contribution is -0.330. The van der Waals surface area contributed by atoms with Gasteiger partial charge in [0.25, 0.3) is 20.0 Å². The van der Waals surface area contributed by atoms with Gasteiger partial charge in [-0.2, -0.15) is 35.1 Å². The molecule has 0 unspecified atom stereocenters. The highest BCUT2D eigenvalue weighted by Crippen LogP contribution is 2.47. The van der Waals surface area contributed by atoms with Gasteiger partial charge in [-0.15, -0.1) is 0 Å². The molecule has 1 aromatic carbocycles. The van der Waals surface area contributed by atoms with Crippen LogP contribution >= 0.6 is 0 Å². The fourth-order valence-corrected chi connectivity index (χ4v) is 7.36. The summed E-state index contributed by atoms with van der Waals surface area (Å²) < 4.78 is 209. The number of ether oxygens (including phenoxy) is 2. The summed E-state index contributed by atoms with van der Waals surface area (Å²) in [6.07, 6.45) is -14.8. The molecule has 1 aliphatic rings. The van der Waals surface area contributed by atoms with Gasteiger partial charge in [-0.3, -0.25) is 4.72 Å². The quantitative estimate of drug-likeness (QED) is 0.315. The summed E-state index contributed by atoms with van der Waals surface area (Å²) in [6.45, 7) is -2.44. The van der Waals surface area contributed by atoms with Gasteiger partial charge in [0, 0.05) is 24.4 Å². The van der Waals surface area contributed by atoms with Crippen molar-refractivity contribution in [3.8, 4) is 5.88 Å². The van der Waals surface area contributed by atoms with Crippen LogP contribution in [0.25, 0.3) is 0 Å². The van der Waals surface area contributed by atoms with E-state index in [1.54, 1.807) is 6.92 Å². The molecule has 3 aromatic rings. The standard InChI is InChI=1S/C24H20F9N3O6S2/c1-12-3-5-13(6-4-12)44(39,40)36-11-18(14-7-8-22(10-17(14)36,24(31,32)33)42-21(26)27)43(37,38)35-16-9-15(25)19(23(28,29)30)34-20(16)41-2/h3-6,9,11,21,35H,7-8,10H2,1-2H3/t22-/m1/s1/i2D3. The Hall–Kier alpha value is -3.52. The zero-order valence-corrected chi connectivity index (χ0v) is 23.4.